The summed E-state index contributed by atoms with van der Waals surface area (Å²) in [5, 5.41) is 26.5. The molecule has 3 N–H and O–H groups in total. The van der Waals surface area contributed by atoms with Gasteiger partial charge in [-0.05, 0) is 35.4 Å². The number of carbonyl (C=O) groups is 1. The van der Waals surface area contributed by atoms with Crippen LogP contribution in [0.1, 0.15) is 17.3 Å². The van der Waals surface area contributed by atoms with Gasteiger partial charge in [-0.3, -0.25) is 0 Å². The number of phenols is 1. The molecule has 4 aromatic rings. The molecule has 2 aromatic carbocycles. The molecule has 0 radical (unpaired) electrons. The minimum Gasteiger partial charge on any atom is -0.505 e. The second-order valence-electron chi connectivity index (χ2n) is 7.34. The maximum Gasteiger partial charge on any atom is 0.328 e. The fourth-order valence-electron chi connectivity index (χ4n) is 3.20. The third-order valence-corrected chi connectivity index (χ3v) is 7.98. The second-order valence-corrected chi connectivity index (χ2v) is 10.4. The van der Waals surface area contributed by atoms with Crippen LogP contribution in [-0.2, 0) is 27.8 Å². The summed E-state index contributed by atoms with van der Waals surface area (Å²) < 4.78 is 42.6. The Morgan fingerprint density at radius 1 is 1.15 bits per heavy atom. The number of hydrogen-bond acceptors (Lipinski definition) is 7. The standard InChI is InChI=1S/C22H19FN4O5S2/c23-17-10-14(6-7-19(17)28)11-18(22(29)30)27-13-16(25-26-27)12-24-34(31,32)21-9-8-20(33-21)15-4-2-1-3-5-15/h1-10,13,18,24,28H,11-12H2,(H,29,30). The largest absolute Gasteiger partial charge is 0.505 e. The van der Waals surface area contributed by atoms with E-state index in [1.54, 1.807) is 6.07 Å². The average molecular weight is 503 g/mol. The molecule has 0 aliphatic rings. The molecular weight excluding hydrogens is 483 g/mol. The number of nitrogens with zero attached hydrogens (tertiary/aromatic N) is 3. The summed E-state index contributed by atoms with van der Waals surface area (Å²) >= 11 is 1.13. The summed E-state index contributed by atoms with van der Waals surface area (Å²) in [6.07, 6.45) is 1.21. The second kappa shape index (κ2) is 9.71. The van der Waals surface area contributed by atoms with Crippen molar-refractivity contribution in [2.24, 2.45) is 0 Å². The van der Waals surface area contributed by atoms with E-state index in [9.17, 15) is 27.8 Å². The number of halogens is 1. The Kier molecular flexibility index (Phi) is 6.72. The van der Waals surface area contributed by atoms with E-state index in [2.05, 4.69) is 15.0 Å². The molecule has 0 spiro atoms. The van der Waals surface area contributed by atoms with Gasteiger partial charge in [-0.25, -0.2) is 27.0 Å². The Hall–Kier alpha value is -3.61. The minimum atomic E-state index is -3.82. The maximum absolute atomic E-state index is 13.6. The lowest BCUT2D eigenvalue weighted by Crippen LogP contribution is -2.23. The fourth-order valence-corrected chi connectivity index (χ4v) is 5.56. The van der Waals surface area contributed by atoms with Crippen LogP contribution in [0.15, 0.2) is 71.1 Å². The summed E-state index contributed by atoms with van der Waals surface area (Å²) in [4.78, 5) is 12.6. The Morgan fingerprint density at radius 3 is 2.62 bits per heavy atom. The highest BCUT2D eigenvalue weighted by Crippen LogP contribution is 2.30. The van der Waals surface area contributed by atoms with E-state index < -0.39 is 33.6 Å². The summed E-state index contributed by atoms with van der Waals surface area (Å²) in [5.41, 5.74) is 1.46. The number of hydrogen-bond donors (Lipinski definition) is 3. The molecule has 0 bridgehead atoms. The van der Waals surface area contributed by atoms with Crippen molar-refractivity contribution in [3.63, 3.8) is 0 Å². The number of phenolic OH excluding ortho intramolecular Hbond substituents is 1. The van der Waals surface area contributed by atoms with E-state index >= 15 is 0 Å². The highest BCUT2D eigenvalue weighted by Gasteiger charge is 2.23. The number of nitrogens with one attached hydrogen (secondary N) is 1. The molecule has 12 heteroatoms. The van der Waals surface area contributed by atoms with Gasteiger partial charge in [-0.2, -0.15) is 0 Å². The van der Waals surface area contributed by atoms with Crippen molar-refractivity contribution in [1.82, 2.24) is 19.7 Å². The quantitative estimate of drug-likeness (QED) is 0.320. The molecule has 0 saturated carbocycles. The van der Waals surface area contributed by atoms with E-state index in [1.807, 2.05) is 30.3 Å². The molecule has 176 valence electrons. The Balaban J connectivity index is 1.45. The smallest absolute Gasteiger partial charge is 0.328 e. The molecule has 34 heavy (non-hydrogen) atoms. The van der Waals surface area contributed by atoms with Crippen LogP contribution in [0, 0.1) is 5.82 Å². The SMILES string of the molecule is O=C(O)C(Cc1ccc(O)c(F)c1)n1cc(CNS(=O)(=O)c2ccc(-c3ccccc3)s2)nn1. The average Bonchev–Trinajstić information content (AvgIpc) is 3.49. The fraction of sp³-hybridized carbons (Fsp3) is 0.136. The van der Waals surface area contributed by atoms with Crippen LogP contribution in [0.2, 0.25) is 0 Å². The minimum absolute atomic E-state index is 0.113. The number of sulfonamides is 1. The van der Waals surface area contributed by atoms with Crippen LogP contribution >= 0.6 is 11.3 Å². The first-order valence-electron chi connectivity index (χ1n) is 9.99. The highest BCUT2D eigenvalue weighted by atomic mass is 32.2. The molecule has 2 aromatic heterocycles. The van der Waals surface area contributed by atoms with Gasteiger partial charge in [-0.1, -0.05) is 41.6 Å². The van der Waals surface area contributed by atoms with Gasteiger partial charge in [0.15, 0.2) is 17.6 Å². The predicted octanol–water partition coefficient (Wildman–Crippen LogP) is 3.20. The van der Waals surface area contributed by atoms with E-state index in [1.165, 1.54) is 18.3 Å². The molecule has 0 aliphatic heterocycles. The van der Waals surface area contributed by atoms with Gasteiger partial charge in [0.05, 0.1) is 18.4 Å². The monoisotopic (exact) mass is 502 g/mol. The van der Waals surface area contributed by atoms with Crippen LogP contribution in [-0.4, -0.2) is 39.6 Å². The number of carboxylic acids is 1. The van der Waals surface area contributed by atoms with E-state index in [-0.39, 0.29) is 22.9 Å². The number of aliphatic carboxylic acids is 1. The van der Waals surface area contributed by atoms with Gasteiger partial charge >= 0.3 is 5.97 Å². The first-order chi connectivity index (χ1) is 16.2. The van der Waals surface area contributed by atoms with Gasteiger partial charge in [0.2, 0.25) is 10.0 Å². The molecule has 9 nitrogen and oxygen atoms in total. The summed E-state index contributed by atoms with van der Waals surface area (Å²) in [6, 6.07) is 15.0. The van der Waals surface area contributed by atoms with Gasteiger partial charge in [0.25, 0.3) is 0 Å². The molecular formula is C22H19FN4O5S2. The Morgan fingerprint density at radius 2 is 1.91 bits per heavy atom. The zero-order chi connectivity index (χ0) is 24.3. The van der Waals surface area contributed by atoms with Gasteiger partial charge in [0, 0.05) is 11.3 Å². The van der Waals surface area contributed by atoms with Crippen molar-refractivity contribution in [1.29, 1.82) is 0 Å². The van der Waals surface area contributed by atoms with E-state index in [0.29, 0.717) is 5.56 Å². The van der Waals surface area contributed by atoms with Crippen LogP contribution < -0.4 is 4.72 Å². The van der Waals surface area contributed by atoms with Crippen molar-refractivity contribution in [3.8, 4) is 16.2 Å². The summed E-state index contributed by atoms with van der Waals surface area (Å²) in [7, 11) is -3.82. The van der Waals surface area contributed by atoms with Crippen molar-refractivity contribution < 1.29 is 27.8 Å². The molecule has 0 aliphatic carbocycles. The van der Waals surface area contributed by atoms with Crippen LogP contribution in [0.5, 0.6) is 5.75 Å². The number of carboxylic acid groups (broad SMARTS) is 1. The van der Waals surface area contributed by atoms with Crippen molar-refractivity contribution >= 4 is 27.3 Å². The van der Waals surface area contributed by atoms with Gasteiger partial charge < -0.3 is 10.2 Å². The van der Waals surface area contributed by atoms with Crippen molar-refractivity contribution in [2.75, 3.05) is 0 Å². The van der Waals surface area contributed by atoms with Crippen LogP contribution in [0.25, 0.3) is 10.4 Å². The van der Waals surface area contributed by atoms with E-state index in [0.717, 1.165) is 38.6 Å². The lowest BCUT2D eigenvalue weighted by molar-refractivity contribution is -0.141. The first kappa shape index (κ1) is 23.5. The third-order valence-electron chi connectivity index (χ3n) is 4.95. The molecule has 0 amide bonds. The number of aromatic hydroxyl groups is 1. The molecule has 0 fully saturated rings. The molecule has 0 saturated heterocycles. The Bertz CT molecular complexity index is 1420. The van der Waals surface area contributed by atoms with Gasteiger partial charge in [-0.15, -0.1) is 16.4 Å². The number of aromatic nitrogens is 3. The number of rotatable bonds is 9. The molecule has 2 heterocycles. The third kappa shape index (κ3) is 5.30. The van der Waals surface area contributed by atoms with Crippen molar-refractivity contribution in [3.05, 3.63) is 83.9 Å². The maximum atomic E-state index is 13.6. The highest BCUT2D eigenvalue weighted by molar-refractivity contribution is 7.91. The van der Waals surface area contributed by atoms with E-state index in [4.69, 9.17) is 0 Å². The predicted molar refractivity (Wildman–Crippen MR) is 122 cm³/mol. The summed E-state index contributed by atoms with van der Waals surface area (Å²) in [5.74, 6) is -2.62. The van der Waals surface area contributed by atoms with Gasteiger partial charge in [0.1, 0.15) is 4.21 Å². The lowest BCUT2D eigenvalue weighted by atomic mass is 10.1. The van der Waals surface area contributed by atoms with Crippen LogP contribution in [0.4, 0.5) is 4.39 Å². The van der Waals surface area contributed by atoms with Crippen molar-refractivity contribution in [2.45, 2.75) is 23.2 Å². The normalized spacial score (nSPS) is 12.5. The molecule has 4 rings (SSSR count). The topological polar surface area (TPSA) is 134 Å². The molecule has 1 atom stereocenters. The zero-order valence-corrected chi connectivity index (χ0v) is 19.1. The molecule has 1 unspecified atom stereocenters. The number of thiophene rings is 1. The zero-order valence-electron chi connectivity index (χ0n) is 17.5. The Labute approximate surface area is 198 Å². The lowest BCUT2D eigenvalue weighted by Gasteiger charge is -2.12. The summed E-state index contributed by atoms with van der Waals surface area (Å²) in [6.45, 7) is -0.193. The number of benzene rings is 2. The first-order valence-corrected chi connectivity index (χ1v) is 12.3. The van der Waals surface area contributed by atoms with Crippen LogP contribution in [0.3, 0.4) is 0 Å².